The molecule has 0 atom stereocenters. The molecule has 0 saturated carbocycles. The fourth-order valence-corrected chi connectivity index (χ4v) is 4.29. The molecule has 7 nitrogen and oxygen atoms in total. The molecule has 1 aromatic heterocycles. The van der Waals surface area contributed by atoms with Crippen LogP contribution in [0.5, 0.6) is 0 Å². The number of nitrogen functional groups attached to an aromatic ring is 1. The average Bonchev–Trinajstić information content (AvgIpc) is 2.73. The minimum Gasteiger partial charge on any atom is -0.396 e. The number of hydrogen-bond acceptors (Lipinski definition) is 6. The highest BCUT2D eigenvalue weighted by atomic mass is 32.2. The molecule has 0 aliphatic rings. The maximum atomic E-state index is 11.8. The Morgan fingerprint density at radius 1 is 0.903 bits per heavy atom. The van der Waals surface area contributed by atoms with Gasteiger partial charge in [0, 0.05) is 16.3 Å². The molecule has 31 heavy (non-hydrogen) atoms. The Labute approximate surface area is 180 Å². The van der Waals surface area contributed by atoms with E-state index in [1.54, 1.807) is 36.5 Å². The lowest BCUT2D eigenvalue weighted by atomic mass is 10.00. The number of rotatable bonds is 4. The van der Waals surface area contributed by atoms with Crippen LogP contribution >= 0.6 is 0 Å². The summed E-state index contributed by atoms with van der Waals surface area (Å²) < 4.78 is 33.3. The number of fused-ring (bicyclic) bond motifs is 1. The van der Waals surface area contributed by atoms with Gasteiger partial charge in [-0.05, 0) is 43.2 Å². The lowest BCUT2D eigenvalue weighted by Gasteiger charge is -2.09. The molecular formula is C23H20N4O3S. The fraction of sp³-hybridized carbons (Fsp3) is 0.0870. The molecule has 0 fully saturated rings. The van der Waals surface area contributed by atoms with Crippen LogP contribution in [0.15, 0.2) is 82.0 Å². The van der Waals surface area contributed by atoms with Crippen LogP contribution in [0.4, 0.5) is 17.1 Å². The monoisotopic (exact) mass is 432 g/mol. The number of hydrogen-bond donors (Lipinski definition) is 2. The molecule has 4 aromatic rings. The van der Waals surface area contributed by atoms with Crippen LogP contribution in [-0.4, -0.2) is 18.0 Å². The van der Waals surface area contributed by atoms with Gasteiger partial charge in [-0.1, -0.05) is 42.5 Å². The summed E-state index contributed by atoms with van der Waals surface area (Å²) in [6.07, 6.45) is 1.59. The predicted octanol–water partition coefficient (Wildman–Crippen LogP) is 5.76. The Hall–Kier alpha value is -3.62. The van der Waals surface area contributed by atoms with Gasteiger partial charge in [0.05, 0.1) is 17.6 Å². The SMILES string of the molecule is Cc1cccc(C)c1-c1ccc(/N=N/c2cc(S(=O)(=O)O)c3ccccc3c2N)cn1. The topological polar surface area (TPSA) is 118 Å². The second-order valence-electron chi connectivity index (χ2n) is 7.20. The molecule has 8 heteroatoms. The molecule has 1 heterocycles. The molecule has 156 valence electrons. The van der Waals surface area contributed by atoms with Crippen LogP contribution < -0.4 is 5.73 Å². The van der Waals surface area contributed by atoms with Crippen molar-refractivity contribution in [3.63, 3.8) is 0 Å². The van der Waals surface area contributed by atoms with Gasteiger partial charge in [-0.15, -0.1) is 10.2 Å². The summed E-state index contributed by atoms with van der Waals surface area (Å²) in [4.78, 5) is 4.22. The van der Waals surface area contributed by atoms with Crippen LogP contribution in [0, 0.1) is 13.8 Å². The average molecular weight is 433 g/mol. The number of aromatic nitrogens is 1. The lowest BCUT2D eigenvalue weighted by molar-refractivity contribution is 0.484. The minimum absolute atomic E-state index is 0.144. The van der Waals surface area contributed by atoms with Crippen molar-refractivity contribution in [3.8, 4) is 11.3 Å². The van der Waals surface area contributed by atoms with Crippen LogP contribution in [0.3, 0.4) is 0 Å². The zero-order valence-electron chi connectivity index (χ0n) is 16.9. The highest BCUT2D eigenvalue weighted by Gasteiger charge is 2.18. The zero-order chi connectivity index (χ0) is 22.2. The summed E-state index contributed by atoms with van der Waals surface area (Å²) in [5.74, 6) is 0. The Balaban J connectivity index is 1.73. The van der Waals surface area contributed by atoms with Crippen molar-refractivity contribution in [1.29, 1.82) is 0 Å². The van der Waals surface area contributed by atoms with Gasteiger partial charge in [0.15, 0.2) is 0 Å². The van der Waals surface area contributed by atoms with Gasteiger partial charge in [0.2, 0.25) is 0 Å². The highest BCUT2D eigenvalue weighted by molar-refractivity contribution is 7.86. The van der Waals surface area contributed by atoms with Crippen LogP contribution in [0.1, 0.15) is 11.1 Å². The molecular weight excluding hydrogens is 412 g/mol. The summed E-state index contributed by atoms with van der Waals surface area (Å²) in [6.45, 7) is 4.07. The first-order valence-electron chi connectivity index (χ1n) is 9.49. The van der Waals surface area contributed by atoms with Gasteiger partial charge in [-0.2, -0.15) is 8.42 Å². The molecule has 3 aromatic carbocycles. The van der Waals surface area contributed by atoms with Crippen molar-refractivity contribution >= 4 is 38.0 Å². The van der Waals surface area contributed by atoms with Gasteiger partial charge >= 0.3 is 0 Å². The van der Waals surface area contributed by atoms with Gasteiger partial charge < -0.3 is 5.73 Å². The highest BCUT2D eigenvalue weighted by Crippen LogP contribution is 2.36. The number of aryl methyl sites for hydroxylation is 2. The zero-order valence-corrected chi connectivity index (χ0v) is 17.8. The number of nitrogens with zero attached hydrogens (tertiary/aromatic N) is 3. The minimum atomic E-state index is -4.47. The molecule has 0 bridgehead atoms. The molecule has 0 unspecified atom stereocenters. The van der Waals surface area contributed by atoms with Gasteiger partial charge in [0.1, 0.15) is 16.3 Å². The number of anilines is 1. The van der Waals surface area contributed by atoms with E-state index in [0.717, 1.165) is 22.4 Å². The molecule has 4 rings (SSSR count). The molecule has 0 aliphatic carbocycles. The van der Waals surface area contributed by atoms with E-state index < -0.39 is 10.1 Å². The van der Waals surface area contributed by atoms with Crippen LogP contribution in [0.2, 0.25) is 0 Å². The van der Waals surface area contributed by atoms with E-state index in [1.807, 2.05) is 38.1 Å². The van der Waals surface area contributed by atoms with E-state index in [4.69, 9.17) is 5.73 Å². The van der Waals surface area contributed by atoms with Gasteiger partial charge in [-0.25, -0.2) is 0 Å². The smallest absolute Gasteiger partial charge is 0.295 e. The molecule has 3 N–H and O–H groups in total. The van der Waals surface area contributed by atoms with Crippen LogP contribution in [-0.2, 0) is 10.1 Å². The van der Waals surface area contributed by atoms with Crippen molar-refractivity contribution < 1.29 is 13.0 Å². The third-order valence-corrected chi connectivity index (χ3v) is 5.96. The normalized spacial score (nSPS) is 12.0. The maximum Gasteiger partial charge on any atom is 0.295 e. The first-order valence-corrected chi connectivity index (χ1v) is 10.9. The van der Waals surface area contributed by atoms with Gasteiger partial charge in [0.25, 0.3) is 10.1 Å². The molecule has 0 amide bonds. The number of nitrogens with two attached hydrogens (primary N) is 1. The lowest BCUT2D eigenvalue weighted by Crippen LogP contribution is -2.01. The Bertz CT molecular complexity index is 1410. The van der Waals surface area contributed by atoms with Crippen LogP contribution in [0.25, 0.3) is 22.0 Å². The quantitative estimate of drug-likeness (QED) is 0.241. The molecule has 0 spiro atoms. The molecule has 0 saturated heterocycles. The van der Waals surface area contributed by atoms with E-state index in [2.05, 4.69) is 15.2 Å². The van der Waals surface area contributed by atoms with E-state index in [9.17, 15) is 13.0 Å². The van der Waals surface area contributed by atoms with Gasteiger partial charge in [-0.3, -0.25) is 9.54 Å². The molecule has 0 radical (unpaired) electrons. The van der Waals surface area contributed by atoms with E-state index >= 15 is 0 Å². The Kier molecular flexibility index (Phi) is 5.26. The third-order valence-electron chi connectivity index (χ3n) is 5.06. The summed E-state index contributed by atoms with van der Waals surface area (Å²) in [5, 5.41) is 9.06. The van der Waals surface area contributed by atoms with Crippen molar-refractivity contribution in [3.05, 3.63) is 78.0 Å². The number of benzene rings is 3. The largest absolute Gasteiger partial charge is 0.396 e. The summed E-state index contributed by atoms with van der Waals surface area (Å²) >= 11 is 0. The van der Waals surface area contributed by atoms with Crippen molar-refractivity contribution in [2.75, 3.05) is 5.73 Å². The van der Waals surface area contributed by atoms with Crippen molar-refractivity contribution in [1.82, 2.24) is 4.98 Å². The van der Waals surface area contributed by atoms with E-state index in [-0.39, 0.29) is 16.3 Å². The summed E-state index contributed by atoms with van der Waals surface area (Å²) in [5.41, 5.74) is 11.2. The third kappa shape index (κ3) is 4.03. The summed E-state index contributed by atoms with van der Waals surface area (Å²) in [7, 11) is -4.47. The molecule has 0 aliphatic heterocycles. The Morgan fingerprint density at radius 3 is 2.19 bits per heavy atom. The summed E-state index contributed by atoms with van der Waals surface area (Å²) in [6, 6.07) is 17.6. The maximum absolute atomic E-state index is 11.8. The van der Waals surface area contributed by atoms with Crippen molar-refractivity contribution in [2.24, 2.45) is 10.2 Å². The fourth-order valence-electron chi connectivity index (χ4n) is 3.57. The predicted molar refractivity (Wildman–Crippen MR) is 121 cm³/mol. The standard InChI is InChI=1S/C23H20N4O3S/c1-14-6-5-7-15(2)22(14)19-11-10-16(13-25-19)26-27-20-12-21(31(28,29)30)17-8-3-4-9-18(17)23(20)24/h3-13H,24H2,1-2H3,(H,28,29,30)/b27-26+. The van der Waals surface area contributed by atoms with Crippen molar-refractivity contribution in [2.45, 2.75) is 18.7 Å². The number of pyridine rings is 1. The number of azo groups is 1. The first kappa shape index (κ1) is 20.6. The van der Waals surface area contributed by atoms with E-state index in [0.29, 0.717) is 16.5 Å². The second-order valence-corrected chi connectivity index (χ2v) is 8.59. The Morgan fingerprint density at radius 2 is 1.58 bits per heavy atom. The second kappa shape index (κ2) is 7.90. The van der Waals surface area contributed by atoms with E-state index in [1.165, 1.54) is 6.07 Å². The first-order chi connectivity index (χ1) is 14.8.